The zero-order chi connectivity index (χ0) is 22.7. The lowest BCUT2D eigenvalue weighted by molar-refractivity contribution is 0.224. The quantitative estimate of drug-likeness (QED) is 0.275. The molecular weight excluding hydrogens is 516 g/mol. The summed E-state index contributed by atoms with van der Waals surface area (Å²) < 4.78 is 18.1. The predicted octanol–water partition coefficient (Wildman–Crippen LogP) is 6.37. The van der Waals surface area contributed by atoms with Crippen molar-refractivity contribution in [3.05, 3.63) is 45.4 Å². The van der Waals surface area contributed by atoms with Gasteiger partial charge in [-0.25, -0.2) is 0 Å². The van der Waals surface area contributed by atoms with E-state index in [1.54, 1.807) is 32.0 Å². The molecule has 1 aromatic heterocycles. The van der Waals surface area contributed by atoms with Crippen LogP contribution < -0.4 is 19.5 Å². The zero-order valence-corrected chi connectivity index (χ0v) is 21.0. The highest BCUT2D eigenvalue weighted by atomic mass is 79.9. The fourth-order valence-corrected chi connectivity index (χ4v) is 4.80. The molecule has 0 radical (unpaired) electrons. The molecule has 4 rings (SSSR count). The number of rotatable bonds is 7. The van der Waals surface area contributed by atoms with E-state index in [0.29, 0.717) is 33.3 Å². The number of anilines is 1. The fraction of sp³-hybridized carbons (Fsp3) is 0.318. The van der Waals surface area contributed by atoms with Gasteiger partial charge < -0.3 is 19.5 Å². The second-order valence-corrected chi connectivity index (χ2v) is 9.41. The Morgan fingerprint density at radius 3 is 2.78 bits per heavy atom. The highest BCUT2D eigenvalue weighted by Crippen LogP contribution is 2.43. The number of ether oxygens (including phenoxy) is 3. The van der Waals surface area contributed by atoms with Gasteiger partial charge in [-0.2, -0.15) is 4.98 Å². The van der Waals surface area contributed by atoms with Crippen LogP contribution in [0, 0.1) is 0 Å². The number of fused-ring (bicyclic) bond motifs is 3. The number of aromatic nitrogens is 3. The maximum Gasteiger partial charge on any atom is 0.247 e. The second-order valence-electron chi connectivity index (χ2n) is 7.02. The first kappa shape index (κ1) is 22.9. The van der Waals surface area contributed by atoms with E-state index in [1.165, 1.54) is 0 Å². The molecule has 0 fully saturated rings. The average molecular weight is 538 g/mol. The van der Waals surface area contributed by atoms with Gasteiger partial charge in [-0.3, -0.25) is 0 Å². The molecule has 0 saturated carbocycles. The summed E-state index contributed by atoms with van der Waals surface area (Å²) in [4.78, 5) is 4.67. The minimum atomic E-state index is -0.585. The van der Waals surface area contributed by atoms with Crippen LogP contribution in [-0.4, -0.2) is 35.2 Å². The van der Waals surface area contributed by atoms with Crippen LogP contribution in [0.3, 0.4) is 0 Å². The number of halogens is 2. The first-order chi connectivity index (χ1) is 15.5. The van der Waals surface area contributed by atoms with E-state index in [-0.39, 0.29) is 0 Å². The molecule has 0 spiro atoms. The maximum absolute atomic E-state index is 6.46. The van der Waals surface area contributed by atoms with Crippen LogP contribution in [-0.2, 0) is 0 Å². The Balaban J connectivity index is 1.79. The van der Waals surface area contributed by atoms with Crippen molar-refractivity contribution in [2.45, 2.75) is 31.1 Å². The molecule has 1 N–H and O–H groups in total. The lowest BCUT2D eigenvalue weighted by Gasteiger charge is -2.21. The molecule has 0 unspecified atom stereocenters. The Morgan fingerprint density at radius 2 is 2.03 bits per heavy atom. The first-order valence-corrected chi connectivity index (χ1v) is 12.2. The van der Waals surface area contributed by atoms with Gasteiger partial charge >= 0.3 is 0 Å². The molecule has 32 heavy (non-hydrogen) atoms. The fourth-order valence-electron chi connectivity index (χ4n) is 3.28. The predicted molar refractivity (Wildman–Crippen MR) is 130 cm³/mol. The number of hydrogen-bond acceptors (Lipinski definition) is 8. The summed E-state index contributed by atoms with van der Waals surface area (Å²) in [5.41, 5.74) is 3.01. The van der Waals surface area contributed by atoms with E-state index in [2.05, 4.69) is 43.4 Å². The lowest BCUT2D eigenvalue weighted by atomic mass is 10.1. The van der Waals surface area contributed by atoms with E-state index < -0.39 is 6.23 Å². The molecule has 1 aliphatic rings. The average Bonchev–Trinajstić information content (AvgIpc) is 2.95. The molecule has 0 bridgehead atoms. The summed E-state index contributed by atoms with van der Waals surface area (Å²) in [5.74, 6) is 2.30. The van der Waals surface area contributed by atoms with Gasteiger partial charge in [0.15, 0.2) is 23.4 Å². The van der Waals surface area contributed by atoms with E-state index in [1.807, 2.05) is 24.3 Å². The number of hydrogen-bond donors (Lipinski definition) is 1. The van der Waals surface area contributed by atoms with E-state index >= 15 is 0 Å². The van der Waals surface area contributed by atoms with Crippen LogP contribution in [0.2, 0.25) is 5.02 Å². The standard InChI is InChI=1S/C22H22BrClN4O3S/c1-4-5-8-32-22-26-21-18(27-28-22)14-11-13(23)6-7-16(14)25-20(31-21)12-9-15(24)19(30-3)17(10-12)29-2/h6-7,9-11,20,25H,4-5,8H2,1-3H3/t20-/m0/s1. The van der Waals surface area contributed by atoms with Crippen LogP contribution in [0.5, 0.6) is 17.4 Å². The van der Waals surface area contributed by atoms with Crippen molar-refractivity contribution >= 4 is 45.0 Å². The largest absolute Gasteiger partial charge is 0.493 e. The summed E-state index contributed by atoms with van der Waals surface area (Å²) in [6, 6.07) is 9.49. The minimum absolute atomic E-state index is 0.402. The summed E-state index contributed by atoms with van der Waals surface area (Å²) in [5, 5.41) is 13.2. The summed E-state index contributed by atoms with van der Waals surface area (Å²) in [6.45, 7) is 2.15. The SMILES string of the molecule is CCCCSc1nnc2c(n1)O[C@@H](c1cc(Cl)c(OC)c(OC)c1)Nc1ccc(Br)cc1-2. The van der Waals surface area contributed by atoms with Crippen LogP contribution >= 0.6 is 39.3 Å². The van der Waals surface area contributed by atoms with Crippen molar-refractivity contribution in [3.63, 3.8) is 0 Å². The Bertz CT molecular complexity index is 1130. The lowest BCUT2D eigenvalue weighted by Crippen LogP contribution is -2.17. The van der Waals surface area contributed by atoms with Crippen molar-refractivity contribution in [1.82, 2.24) is 15.2 Å². The van der Waals surface area contributed by atoms with Crippen molar-refractivity contribution < 1.29 is 14.2 Å². The second kappa shape index (κ2) is 10.1. The molecule has 7 nitrogen and oxygen atoms in total. The number of benzene rings is 2. The molecule has 2 heterocycles. The number of nitrogens with one attached hydrogen (secondary N) is 1. The van der Waals surface area contributed by atoms with Crippen LogP contribution in [0.4, 0.5) is 5.69 Å². The molecule has 0 saturated heterocycles. The van der Waals surface area contributed by atoms with Crippen molar-refractivity contribution in [2.75, 3.05) is 25.3 Å². The van der Waals surface area contributed by atoms with Crippen LogP contribution in [0.1, 0.15) is 31.6 Å². The minimum Gasteiger partial charge on any atom is -0.493 e. The Hall–Kier alpha value is -2.23. The summed E-state index contributed by atoms with van der Waals surface area (Å²) in [7, 11) is 3.12. The van der Waals surface area contributed by atoms with Gasteiger partial charge in [-0.05, 0) is 36.8 Å². The first-order valence-electron chi connectivity index (χ1n) is 10.1. The zero-order valence-electron chi connectivity index (χ0n) is 17.8. The van der Waals surface area contributed by atoms with Crippen LogP contribution in [0.15, 0.2) is 40.0 Å². The van der Waals surface area contributed by atoms with Crippen molar-refractivity contribution in [1.29, 1.82) is 0 Å². The third kappa shape index (κ3) is 4.74. The van der Waals surface area contributed by atoms with E-state index in [9.17, 15) is 0 Å². The molecule has 2 aromatic carbocycles. The number of nitrogens with zero attached hydrogens (tertiary/aromatic N) is 3. The number of methoxy groups -OCH3 is 2. The van der Waals surface area contributed by atoms with Crippen molar-refractivity contribution in [2.24, 2.45) is 0 Å². The Labute approximate surface area is 204 Å². The van der Waals surface area contributed by atoms with Crippen molar-refractivity contribution in [3.8, 4) is 28.6 Å². The highest BCUT2D eigenvalue weighted by molar-refractivity contribution is 9.10. The molecule has 0 aliphatic carbocycles. The monoisotopic (exact) mass is 536 g/mol. The Morgan fingerprint density at radius 1 is 1.19 bits per heavy atom. The Kier molecular flexibility index (Phi) is 7.27. The number of unbranched alkanes of at least 4 members (excludes halogenated alkanes) is 1. The van der Waals surface area contributed by atoms with Gasteiger partial charge in [-0.1, -0.05) is 52.6 Å². The molecule has 10 heteroatoms. The molecular formula is C22H22BrClN4O3S. The number of thioether (sulfide) groups is 1. The molecule has 168 valence electrons. The van der Waals surface area contributed by atoms with Gasteiger partial charge in [0.2, 0.25) is 11.0 Å². The molecule has 1 aliphatic heterocycles. The third-order valence-electron chi connectivity index (χ3n) is 4.88. The van der Waals surface area contributed by atoms with Crippen LogP contribution in [0.25, 0.3) is 11.3 Å². The van der Waals surface area contributed by atoms with Gasteiger partial charge in [0.25, 0.3) is 0 Å². The summed E-state index contributed by atoms with van der Waals surface area (Å²) >= 11 is 11.6. The maximum atomic E-state index is 6.46. The molecule has 0 amide bonds. The molecule has 3 aromatic rings. The van der Waals surface area contributed by atoms with Gasteiger partial charge in [0, 0.05) is 27.0 Å². The molecule has 1 atom stereocenters. The normalized spacial score (nSPS) is 14.5. The highest BCUT2D eigenvalue weighted by Gasteiger charge is 2.28. The van der Waals surface area contributed by atoms with Gasteiger partial charge in [0.05, 0.1) is 19.2 Å². The van der Waals surface area contributed by atoms with E-state index in [4.69, 9.17) is 25.8 Å². The van der Waals surface area contributed by atoms with Gasteiger partial charge in [0.1, 0.15) is 0 Å². The topological polar surface area (TPSA) is 78.4 Å². The summed E-state index contributed by atoms with van der Waals surface area (Å²) in [6.07, 6.45) is 1.60. The van der Waals surface area contributed by atoms with E-state index in [0.717, 1.165) is 39.9 Å². The smallest absolute Gasteiger partial charge is 0.247 e. The third-order valence-corrected chi connectivity index (χ3v) is 6.57. The van der Waals surface area contributed by atoms with Gasteiger partial charge in [-0.15, -0.1) is 10.2 Å².